The number of hydrogen-bond acceptors (Lipinski definition) is 8. The van der Waals surface area contributed by atoms with Gasteiger partial charge in [0.05, 0.1) is 24.7 Å². The predicted molar refractivity (Wildman–Crippen MR) is 154 cm³/mol. The van der Waals surface area contributed by atoms with E-state index in [2.05, 4.69) is 4.90 Å². The molecule has 2 aromatic rings. The average Bonchev–Trinajstić information content (AvgIpc) is 2.97. The van der Waals surface area contributed by atoms with Gasteiger partial charge < -0.3 is 29.0 Å². The number of benzene rings is 2. The Morgan fingerprint density at radius 2 is 1.93 bits per heavy atom. The van der Waals surface area contributed by atoms with Crippen LogP contribution in [0.15, 0.2) is 42.5 Å². The number of esters is 1. The molecule has 0 saturated carbocycles. The molecule has 9 nitrogen and oxygen atoms in total. The van der Waals surface area contributed by atoms with Crippen molar-refractivity contribution in [2.24, 2.45) is 5.92 Å². The highest BCUT2D eigenvalue weighted by atomic mass is 35.5. The lowest BCUT2D eigenvalue weighted by Gasteiger charge is -2.34. The topological polar surface area (TPSA) is 97.8 Å². The van der Waals surface area contributed by atoms with Gasteiger partial charge in [0.1, 0.15) is 23.9 Å². The summed E-state index contributed by atoms with van der Waals surface area (Å²) in [6.45, 7) is 6.91. The molecule has 0 radical (unpaired) electrons. The van der Waals surface area contributed by atoms with Gasteiger partial charge in [-0.1, -0.05) is 11.6 Å². The van der Waals surface area contributed by atoms with Crippen LogP contribution in [-0.4, -0.2) is 91.7 Å². The van der Waals surface area contributed by atoms with Crippen molar-refractivity contribution < 1.29 is 38.0 Å². The maximum Gasteiger partial charge on any atom is 0.306 e. The first kappa shape index (κ1) is 30.3. The highest BCUT2D eigenvalue weighted by molar-refractivity contribution is 6.32. The maximum absolute atomic E-state index is 13.6. The van der Waals surface area contributed by atoms with E-state index in [1.54, 1.807) is 36.1 Å². The monoisotopic (exact) mass is 602 g/mol. The molecule has 1 N–H and O–H groups in total. The van der Waals surface area contributed by atoms with Crippen molar-refractivity contribution in [3.63, 3.8) is 0 Å². The van der Waals surface area contributed by atoms with E-state index in [-0.39, 0.29) is 29.2 Å². The molecule has 3 atom stereocenters. The molecule has 42 heavy (non-hydrogen) atoms. The van der Waals surface area contributed by atoms with E-state index >= 15 is 0 Å². The number of aliphatic hydroxyl groups excluding tert-OH is 1. The van der Waals surface area contributed by atoms with Crippen LogP contribution in [-0.2, 0) is 19.1 Å². The second-order valence-corrected chi connectivity index (χ2v) is 11.2. The molecule has 5 rings (SSSR count). The Morgan fingerprint density at radius 3 is 2.71 bits per heavy atom. The minimum Gasteiger partial charge on any atom is -0.481 e. The number of morpholine rings is 1. The van der Waals surface area contributed by atoms with Crippen molar-refractivity contribution in [1.29, 1.82) is 0 Å². The Hall–Kier alpha value is -3.18. The van der Waals surface area contributed by atoms with Gasteiger partial charge in [-0.3, -0.25) is 14.5 Å². The Kier molecular flexibility index (Phi) is 9.99. The van der Waals surface area contributed by atoms with E-state index in [9.17, 15) is 19.1 Å². The van der Waals surface area contributed by atoms with Crippen LogP contribution in [0.1, 0.15) is 37.3 Å². The summed E-state index contributed by atoms with van der Waals surface area (Å²) < 4.78 is 36.0. The van der Waals surface area contributed by atoms with Crippen molar-refractivity contribution in [2.75, 3.05) is 52.5 Å². The Balaban J connectivity index is 1.15. The maximum atomic E-state index is 13.6. The van der Waals surface area contributed by atoms with Crippen LogP contribution in [0, 0.1) is 11.7 Å². The average molecular weight is 603 g/mol. The third-order valence-corrected chi connectivity index (χ3v) is 8.06. The van der Waals surface area contributed by atoms with Gasteiger partial charge in [-0.15, -0.1) is 0 Å². The number of aliphatic hydroxyl groups is 1. The summed E-state index contributed by atoms with van der Waals surface area (Å²) in [5, 5.41) is 10.5. The Labute approximate surface area is 249 Å². The lowest BCUT2D eigenvalue weighted by molar-refractivity contribution is -0.148. The third-order valence-electron chi connectivity index (χ3n) is 7.74. The summed E-state index contributed by atoms with van der Waals surface area (Å²) >= 11 is 6.27. The minimum absolute atomic E-state index is 0.0351. The fourth-order valence-corrected chi connectivity index (χ4v) is 5.86. The van der Waals surface area contributed by atoms with Gasteiger partial charge in [0.15, 0.2) is 6.10 Å². The van der Waals surface area contributed by atoms with Gasteiger partial charge in [0.2, 0.25) is 6.29 Å². The van der Waals surface area contributed by atoms with Crippen molar-refractivity contribution in [3.05, 3.63) is 64.4 Å². The van der Waals surface area contributed by atoms with E-state index in [1.807, 2.05) is 0 Å². The first-order valence-electron chi connectivity index (χ1n) is 14.3. The first-order valence-corrected chi connectivity index (χ1v) is 14.7. The van der Waals surface area contributed by atoms with Crippen LogP contribution in [0.2, 0.25) is 5.02 Å². The predicted octanol–water partition coefficient (Wildman–Crippen LogP) is 3.89. The fourth-order valence-electron chi connectivity index (χ4n) is 5.59. The quantitative estimate of drug-likeness (QED) is 0.432. The second kappa shape index (κ2) is 13.9. The number of carbonyl (C=O) groups excluding carboxylic acids is 2. The molecule has 11 heteroatoms. The summed E-state index contributed by atoms with van der Waals surface area (Å²) in [6, 6.07) is 9.13. The lowest BCUT2D eigenvalue weighted by Crippen LogP contribution is -2.46. The number of rotatable bonds is 9. The smallest absolute Gasteiger partial charge is 0.306 e. The van der Waals surface area contributed by atoms with Gasteiger partial charge in [-0.25, -0.2) is 4.39 Å². The molecule has 0 aromatic heterocycles. The van der Waals surface area contributed by atoms with Crippen molar-refractivity contribution in [1.82, 2.24) is 9.80 Å². The Bertz CT molecular complexity index is 1320. The summed E-state index contributed by atoms with van der Waals surface area (Å²) in [5.41, 5.74) is 1.80. The minimum atomic E-state index is -1.24. The summed E-state index contributed by atoms with van der Waals surface area (Å²) in [6.07, 6.45) is 1.42. The number of ether oxygens (including phenoxy) is 4. The molecule has 0 aliphatic carbocycles. The molecule has 2 aromatic carbocycles. The standard InChI is InChI=1S/C31H36ClFN2O7/c1-20(31(38)35-8-2-3-21(19-35)15-29(36)40-14-11-34-9-12-39-13-10-34)41-23-5-7-25-26(18-30(37)42-28(25)17-23)24-6-4-22(33)16-27(24)32/h4-7,16-18,20-21,30,37H,2-3,8-15,19H2,1H3/t20-,21-,30?/m1/s1. The number of amides is 1. The Morgan fingerprint density at radius 1 is 1.14 bits per heavy atom. The molecular weight excluding hydrogens is 567 g/mol. The molecule has 3 heterocycles. The highest BCUT2D eigenvalue weighted by Crippen LogP contribution is 2.40. The van der Waals surface area contributed by atoms with Crippen molar-refractivity contribution >= 4 is 29.1 Å². The van der Waals surface area contributed by atoms with Crippen LogP contribution >= 0.6 is 11.6 Å². The number of halogens is 2. The molecule has 2 saturated heterocycles. The highest BCUT2D eigenvalue weighted by Gasteiger charge is 2.30. The number of likely N-dealkylation sites (tertiary alicyclic amines) is 1. The van der Waals surface area contributed by atoms with Crippen LogP contribution < -0.4 is 9.47 Å². The fraction of sp³-hybridized carbons (Fsp3) is 0.484. The summed E-state index contributed by atoms with van der Waals surface area (Å²) in [5.74, 6) is -0.0866. The molecule has 226 valence electrons. The molecule has 3 aliphatic rings. The van der Waals surface area contributed by atoms with E-state index < -0.39 is 18.2 Å². The van der Waals surface area contributed by atoms with E-state index in [4.69, 9.17) is 30.5 Å². The summed E-state index contributed by atoms with van der Waals surface area (Å²) in [4.78, 5) is 29.7. The molecule has 3 aliphatic heterocycles. The molecule has 2 fully saturated rings. The molecule has 0 bridgehead atoms. The van der Waals surface area contributed by atoms with E-state index in [1.165, 1.54) is 18.2 Å². The van der Waals surface area contributed by atoms with Gasteiger partial charge in [0.25, 0.3) is 5.91 Å². The molecular formula is C31H36ClFN2O7. The SMILES string of the molecule is C[C@@H](Oc1ccc2c(c1)OC(O)C=C2c1ccc(F)cc1Cl)C(=O)N1CCC[C@H](CC(=O)OCCN2CCOCC2)C1. The third kappa shape index (κ3) is 7.60. The van der Waals surface area contributed by atoms with Crippen LogP contribution in [0.3, 0.4) is 0 Å². The van der Waals surface area contributed by atoms with E-state index in [0.29, 0.717) is 67.7 Å². The summed E-state index contributed by atoms with van der Waals surface area (Å²) in [7, 11) is 0. The number of nitrogens with zero attached hydrogens (tertiary/aromatic N) is 2. The molecule has 0 spiro atoms. The zero-order chi connectivity index (χ0) is 29.6. The van der Waals surface area contributed by atoms with Crippen LogP contribution in [0.25, 0.3) is 5.57 Å². The molecule has 1 amide bonds. The van der Waals surface area contributed by atoms with Crippen molar-refractivity contribution in [2.45, 2.75) is 38.6 Å². The van der Waals surface area contributed by atoms with Gasteiger partial charge in [-0.2, -0.15) is 0 Å². The normalized spacial score (nSPS) is 21.5. The van der Waals surface area contributed by atoms with Crippen LogP contribution in [0.4, 0.5) is 4.39 Å². The first-order chi connectivity index (χ1) is 20.3. The number of carbonyl (C=O) groups is 2. The zero-order valence-electron chi connectivity index (χ0n) is 23.6. The second-order valence-electron chi connectivity index (χ2n) is 10.8. The largest absolute Gasteiger partial charge is 0.481 e. The number of fused-ring (bicyclic) bond motifs is 1. The number of hydrogen-bond donors (Lipinski definition) is 1. The van der Waals surface area contributed by atoms with Gasteiger partial charge >= 0.3 is 5.97 Å². The van der Waals surface area contributed by atoms with Crippen molar-refractivity contribution in [3.8, 4) is 11.5 Å². The number of piperidine rings is 1. The van der Waals surface area contributed by atoms with Gasteiger partial charge in [-0.05, 0) is 67.7 Å². The molecule has 1 unspecified atom stereocenters. The lowest BCUT2D eigenvalue weighted by atomic mass is 9.94. The zero-order valence-corrected chi connectivity index (χ0v) is 24.4. The van der Waals surface area contributed by atoms with E-state index in [0.717, 1.165) is 25.9 Å². The van der Waals surface area contributed by atoms with Crippen LogP contribution in [0.5, 0.6) is 11.5 Å². The van der Waals surface area contributed by atoms with Gasteiger partial charge in [0, 0.05) is 49.9 Å².